The number of methoxy groups -OCH3 is 1. The zero-order valence-electron chi connectivity index (χ0n) is 17.5. The molecule has 1 N–H and O–H groups in total. The molecule has 164 valence electrons. The van der Waals surface area contributed by atoms with Gasteiger partial charge in [-0.1, -0.05) is 16.4 Å². The summed E-state index contributed by atoms with van der Waals surface area (Å²) in [5.41, 5.74) is 3.17. The van der Waals surface area contributed by atoms with Crippen LogP contribution in [0.15, 0.2) is 70.2 Å². The Hall–Kier alpha value is -3.65. The van der Waals surface area contributed by atoms with Crippen molar-refractivity contribution in [3.8, 4) is 16.9 Å². The van der Waals surface area contributed by atoms with Gasteiger partial charge in [0.1, 0.15) is 24.4 Å². The lowest BCUT2D eigenvalue weighted by atomic mass is 9.94. The van der Waals surface area contributed by atoms with Gasteiger partial charge in [-0.2, -0.15) is 0 Å². The first kappa shape index (κ1) is 20.3. The van der Waals surface area contributed by atoms with E-state index in [0.717, 1.165) is 35.1 Å². The molecule has 7 nitrogen and oxygen atoms in total. The van der Waals surface area contributed by atoms with Crippen LogP contribution >= 0.6 is 0 Å². The monoisotopic (exact) mass is 435 g/mol. The highest BCUT2D eigenvalue weighted by atomic mass is 19.1. The number of aliphatic hydroxyl groups is 1. The molecule has 5 rings (SSSR count). The van der Waals surface area contributed by atoms with Crippen LogP contribution in [0.4, 0.5) is 4.39 Å². The van der Waals surface area contributed by atoms with Gasteiger partial charge in [0.2, 0.25) is 0 Å². The summed E-state index contributed by atoms with van der Waals surface area (Å²) in [5.74, 6) is 1.04. The number of ether oxygens (including phenoxy) is 1. The van der Waals surface area contributed by atoms with Crippen LogP contribution in [0.3, 0.4) is 0 Å². The molecule has 0 bridgehead atoms. The molecule has 1 fully saturated rings. The van der Waals surface area contributed by atoms with Crippen molar-refractivity contribution < 1.29 is 23.6 Å². The van der Waals surface area contributed by atoms with Gasteiger partial charge in [-0.3, -0.25) is 0 Å². The predicted molar refractivity (Wildman–Crippen MR) is 116 cm³/mol. The van der Waals surface area contributed by atoms with E-state index < -0.39 is 5.72 Å². The van der Waals surface area contributed by atoms with Crippen LogP contribution in [0, 0.1) is 5.82 Å². The van der Waals surface area contributed by atoms with Gasteiger partial charge in [-0.05, 0) is 66.5 Å². The summed E-state index contributed by atoms with van der Waals surface area (Å²) < 4.78 is 24.0. The van der Waals surface area contributed by atoms with Gasteiger partial charge in [-0.15, -0.1) is 0 Å². The van der Waals surface area contributed by atoms with Crippen molar-refractivity contribution in [3.63, 3.8) is 0 Å². The van der Waals surface area contributed by atoms with Gasteiger partial charge in [0, 0.05) is 23.2 Å². The lowest BCUT2D eigenvalue weighted by molar-refractivity contribution is -0.137. The SMILES string of the molecule is COc1cc(C=C2CCCN3C2=NOC3(CO)c2ccc(F)cc2)ccc1-c1cnoc1. The summed E-state index contributed by atoms with van der Waals surface area (Å²) in [5, 5.41) is 18.3. The second-order valence-corrected chi connectivity index (χ2v) is 7.75. The standard InChI is InChI=1S/C24H22FN3O4/c1-30-22-12-16(4-9-21(22)18-13-26-31-14-18)11-17-3-2-10-28-23(17)27-32-24(28,15-29)19-5-7-20(25)8-6-19/h4-9,11-14,29H,2-3,10,15H2,1H3. The fraction of sp³-hybridized carbons (Fsp3) is 0.250. The predicted octanol–water partition coefficient (Wildman–Crippen LogP) is 4.16. The first-order valence-corrected chi connectivity index (χ1v) is 10.3. The Balaban J connectivity index is 1.47. The minimum Gasteiger partial charge on any atom is -0.496 e. The Labute approximate surface area is 184 Å². The van der Waals surface area contributed by atoms with Crippen LogP contribution in [0.5, 0.6) is 5.75 Å². The lowest BCUT2D eigenvalue weighted by Gasteiger charge is -2.38. The molecule has 3 heterocycles. The number of rotatable bonds is 5. The second kappa shape index (κ2) is 8.12. The van der Waals surface area contributed by atoms with Crippen molar-refractivity contribution in [1.82, 2.24) is 10.1 Å². The highest BCUT2D eigenvalue weighted by molar-refractivity contribution is 6.03. The number of halogens is 1. The van der Waals surface area contributed by atoms with Crippen LogP contribution in [0.2, 0.25) is 0 Å². The Morgan fingerprint density at radius 2 is 2.09 bits per heavy atom. The minimum atomic E-state index is -1.15. The van der Waals surface area contributed by atoms with E-state index in [1.165, 1.54) is 12.1 Å². The lowest BCUT2D eigenvalue weighted by Crippen LogP contribution is -2.51. The molecule has 2 aliphatic rings. The number of oxime groups is 1. The Morgan fingerprint density at radius 1 is 1.25 bits per heavy atom. The molecule has 2 aliphatic heterocycles. The van der Waals surface area contributed by atoms with E-state index in [-0.39, 0.29) is 12.4 Å². The second-order valence-electron chi connectivity index (χ2n) is 7.75. The normalized spacial score (nSPS) is 21.3. The molecular weight excluding hydrogens is 413 g/mol. The molecule has 0 aliphatic carbocycles. The Bertz CT molecular complexity index is 1170. The van der Waals surface area contributed by atoms with Crippen LogP contribution in [0.25, 0.3) is 17.2 Å². The molecular formula is C24H22FN3O4. The van der Waals surface area contributed by atoms with Crippen molar-refractivity contribution >= 4 is 11.9 Å². The molecule has 32 heavy (non-hydrogen) atoms. The van der Waals surface area contributed by atoms with E-state index in [4.69, 9.17) is 14.1 Å². The van der Waals surface area contributed by atoms with E-state index >= 15 is 0 Å². The smallest absolute Gasteiger partial charge is 0.260 e. The van der Waals surface area contributed by atoms with Crippen molar-refractivity contribution in [2.75, 3.05) is 20.3 Å². The molecule has 1 atom stereocenters. The summed E-state index contributed by atoms with van der Waals surface area (Å²) >= 11 is 0. The summed E-state index contributed by atoms with van der Waals surface area (Å²) in [4.78, 5) is 7.76. The molecule has 0 amide bonds. The molecule has 2 aromatic carbocycles. The van der Waals surface area contributed by atoms with Gasteiger partial charge in [0.15, 0.2) is 5.84 Å². The number of benzene rings is 2. The third-order valence-corrected chi connectivity index (χ3v) is 5.91. The van der Waals surface area contributed by atoms with Crippen LogP contribution in [-0.2, 0) is 10.6 Å². The molecule has 1 saturated heterocycles. The minimum absolute atomic E-state index is 0.305. The molecule has 1 unspecified atom stereocenters. The third kappa shape index (κ3) is 3.33. The highest BCUT2D eigenvalue weighted by Crippen LogP contribution is 2.40. The van der Waals surface area contributed by atoms with Gasteiger partial charge in [-0.25, -0.2) is 4.39 Å². The highest BCUT2D eigenvalue weighted by Gasteiger charge is 2.49. The number of aliphatic hydroxyl groups excluding tert-OH is 1. The van der Waals surface area contributed by atoms with Crippen LogP contribution in [-0.4, -0.2) is 41.3 Å². The molecule has 8 heteroatoms. The first-order chi connectivity index (χ1) is 15.6. The van der Waals surface area contributed by atoms with Crippen molar-refractivity contribution in [2.24, 2.45) is 5.16 Å². The number of hydrogen-bond donors (Lipinski definition) is 1. The van der Waals surface area contributed by atoms with E-state index in [1.54, 1.807) is 31.7 Å². The van der Waals surface area contributed by atoms with Crippen molar-refractivity contribution in [1.29, 1.82) is 0 Å². The van der Waals surface area contributed by atoms with Crippen LogP contribution in [0.1, 0.15) is 24.0 Å². The fourth-order valence-corrected chi connectivity index (χ4v) is 4.28. The molecule has 0 radical (unpaired) electrons. The van der Waals surface area contributed by atoms with E-state index in [1.807, 2.05) is 29.2 Å². The van der Waals surface area contributed by atoms with Crippen molar-refractivity contribution in [3.05, 3.63) is 77.4 Å². The average Bonchev–Trinajstić information content (AvgIpc) is 3.49. The van der Waals surface area contributed by atoms with E-state index in [0.29, 0.717) is 23.7 Å². The molecule has 3 aromatic rings. The maximum absolute atomic E-state index is 13.4. The van der Waals surface area contributed by atoms with E-state index in [9.17, 15) is 9.50 Å². The number of nitrogens with zero attached hydrogens (tertiary/aromatic N) is 3. The third-order valence-electron chi connectivity index (χ3n) is 5.91. The zero-order valence-corrected chi connectivity index (χ0v) is 17.5. The van der Waals surface area contributed by atoms with Gasteiger partial charge >= 0.3 is 0 Å². The topological polar surface area (TPSA) is 80.3 Å². The van der Waals surface area contributed by atoms with Gasteiger partial charge < -0.3 is 24.1 Å². The van der Waals surface area contributed by atoms with E-state index in [2.05, 4.69) is 10.3 Å². The van der Waals surface area contributed by atoms with Crippen LogP contribution < -0.4 is 4.74 Å². The molecule has 0 spiro atoms. The molecule has 0 saturated carbocycles. The molecule has 1 aromatic heterocycles. The zero-order chi connectivity index (χ0) is 22.1. The van der Waals surface area contributed by atoms with Gasteiger partial charge in [0.05, 0.1) is 13.3 Å². The average molecular weight is 435 g/mol. The number of piperidine rings is 1. The first-order valence-electron chi connectivity index (χ1n) is 10.3. The van der Waals surface area contributed by atoms with Gasteiger partial charge in [0.25, 0.3) is 5.72 Å². The quantitative estimate of drug-likeness (QED) is 0.648. The summed E-state index contributed by atoms with van der Waals surface area (Å²) in [6.07, 6.45) is 6.95. The summed E-state index contributed by atoms with van der Waals surface area (Å²) in [6.45, 7) is 0.365. The maximum atomic E-state index is 13.4. The number of amidine groups is 1. The Morgan fingerprint density at radius 3 is 2.81 bits per heavy atom. The summed E-state index contributed by atoms with van der Waals surface area (Å²) in [7, 11) is 1.62. The maximum Gasteiger partial charge on any atom is 0.260 e. The fourth-order valence-electron chi connectivity index (χ4n) is 4.28. The number of hydrogen-bond acceptors (Lipinski definition) is 7. The number of fused-ring (bicyclic) bond motifs is 1. The Kier molecular flexibility index (Phi) is 5.14. The largest absolute Gasteiger partial charge is 0.496 e. The van der Waals surface area contributed by atoms with Crippen molar-refractivity contribution in [2.45, 2.75) is 18.6 Å². The summed E-state index contributed by atoms with van der Waals surface area (Å²) in [6, 6.07) is 11.9. The number of aromatic nitrogens is 1.